The number of aliphatic hydroxyl groups is 1. The van der Waals surface area contributed by atoms with E-state index in [0.29, 0.717) is 36.5 Å². The SMILES string of the molecule is CCCc1nc(CC)c(-c2ccc(OC(C)(C)CO)cc2)c(=O)n1Cc1ccc(-c2ccccc2-c2noc(=O)[nH]2)cc1.[H-].[K+]. The number of aromatic nitrogens is 4. The van der Waals surface area contributed by atoms with E-state index in [1.54, 1.807) is 4.57 Å². The summed E-state index contributed by atoms with van der Waals surface area (Å²) >= 11 is 0. The molecule has 0 saturated heterocycles. The quantitative estimate of drug-likeness (QED) is 0.218. The molecule has 5 aromatic rings. The van der Waals surface area contributed by atoms with Crippen LogP contribution in [0.1, 0.15) is 52.6 Å². The molecule has 10 heteroatoms. The topological polar surface area (TPSA) is 123 Å². The number of benzene rings is 3. The van der Waals surface area contributed by atoms with Crippen LogP contribution in [0.15, 0.2) is 86.9 Å². The Morgan fingerprint density at radius 3 is 2.20 bits per heavy atom. The van der Waals surface area contributed by atoms with Crippen molar-refractivity contribution in [1.82, 2.24) is 19.7 Å². The van der Waals surface area contributed by atoms with Crippen LogP contribution in [0.2, 0.25) is 0 Å². The predicted molar refractivity (Wildman–Crippen MR) is 167 cm³/mol. The first-order chi connectivity index (χ1) is 20.7. The molecule has 2 N–H and O–H groups in total. The van der Waals surface area contributed by atoms with Crippen molar-refractivity contribution in [1.29, 1.82) is 0 Å². The zero-order valence-corrected chi connectivity index (χ0v) is 29.0. The molecule has 0 aliphatic rings. The van der Waals surface area contributed by atoms with Crippen molar-refractivity contribution in [3.63, 3.8) is 0 Å². The molecule has 0 bridgehead atoms. The molecule has 0 amide bonds. The third kappa shape index (κ3) is 7.56. The zero-order chi connectivity index (χ0) is 30.6. The molecule has 44 heavy (non-hydrogen) atoms. The third-order valence-corrected chi connectivity index (χ3v) is 7.28. The van der Waals surface area contributed by atoms with Gasteiger partial charge in [-0.05, 0) is 61.1 Å². The maximum absolute atomic E-state index is 14.1. The summed E-state index contributed by atoms with van der Waals surface area (Å²) in [5.74, 6) is 1.15. The van der Waals surface area contributed by atoms with Crippen LogP contribution in [-0.4, -0.2) is 37.0 Å². The van der Waals surface area contributed by atoms with E-state index in [9.17, 15) is 14.7 Å². The van der Waals surface area contributed by atoms with Gasteiger partial charge in [0.2, 0.25) is 0 Å². The fourth-order valence-corrected chi connectivity index (χ4v) is 5.07. The smallest absolute Gasteiger partial charge is 1.00 e. The number of rotatable bonds is 11. The minimum Gasteiger partial charge on any atom is -1.00 e. The Balaban J connectivity index is 0.00000276. The maximum atomic E-state index is 14.1. The van der Waals surface area contributed by atoms with Crippen LogP contribution < -0.4 is 67.4 Å². The van der Waals surface area contributed by atoms with Crippen molar-refractivity contribution in [2.24, 2.45) is 0 Å². The number of aliphatic hydroxyl groups excluding tert-OH is 1. The predicted octanol–water partition coefficient (Wildman–Crippen LogP) is 2.75. The van der Waals surface area contributed by atoms with Crippen LogP contribution in [0.5, 0.6) is 5.75 Å². The van der Waals surface area contributed by atoms with Crippen molar-refractivity contribution in [3.8, 4) is 39.4 Å². The summed E-state index contributed by atoms with van der Waals surface area (Å²) in [6.45, 7) is 7.99. The maximum Gasteiger partial charge on any atom is 1.00 e. The first kappa shape index (κ1) is 33.8. The van der Waals surface area contributed by atoms with Gasteiger partial charge < -0.3 is 11.3 Å². The van der Waals surface area contributed by atoms with Crippen molar-refractivity contribution in [3.05, 3.63) is 111 Å². The second kappa shape index (κ2) is 14.8. The van der Waals surface area contributed by atoms with Crippen LogP contribution >= 0.6 is 0 Å². The van der Waals surface area contributed by atoms with Gasteiger partial charge in [0.15, 0.2) is 5.82 Å². The standard InChI is InChI=1S/C34H36N4O5.K.H/c1-5-9-29-35-28(6-2)30(24-16-18-25(19-17-24)42-34(3,4)21-39)32(40)38(29)20-22-12-14-23(15-13-22)26-10-7-8-11-27(26)31-36-33(41)43-37-31;;/h7-8,10-19,39H,5-6,9,20-21H2,1-4H3,(H,36,37,41);;/q;+1;-1. The Bertz CT molecular complexity index is 1830. The second-order valence-corrected chi connectivity index (χ2v) is 11.1. The molecule has 0 radical (unpaired) electrons. The monoisotopic (exact) mass is 620 g/mol. The Kier molecular flexibility index (Phi) is 11.3. The Hall–Kier alpha value is -3.12. The molecule has 0 aliphatic carbocycles. The van der Waals surface area contributed by atoms with Gasteiger partial charge in [-0.2, -0.15) is 0 Å². The van der Waals surface area contributed by atoms with Crippen molar-refractivity contribution < 1.29 is 67.2 Å². The van der Waals surface area contributed by atoms with E-state index in [1.165, 1.54) is 0 Å². The van der Waals surface area contributed by atoms with Gasteiger partial charge in [0.1, 0.15) is 17.2 Å². The molecule has 0 unspecified atom stereocenters. The van der Waals surface area contributed by atoms with Gasteiger partial charge in [0.25, 0.3) is 5.56 Å². The van der Waals surface area contributed by atoms with E-state index in [0.717, 1.165) is 45.8 Å². The van der Waals surface area contributed by atoms with Gasteiger partial charge in [-0.1, -0.05) is 79.7 Å². The van der Waals surface area contributed by atoms with E-state index in [2.05, 4.69) is 17.1 Å². The van der Waals surface area contributed by atoms with E-state index in [1.807, 2.05) is 93.6 Å². The Morgan fingerprint density at radius 2 is 1.61 bits per heavy atom. The molecule has 3 aromatic carbocycles. The van der Waals surface area contributed by atoms with Crippen LogP contribution in [0.4, 0.5) is 0 Å². The molecular formula is C34H37KN4O5. The van der Waals surface area contributed by atoms with Gasteiger partial charge in [0, 0.05) is 12.0 Å². The van der Waals surface area contributed by atoms with Gasteiger partial charge in [-0.3, -0.25) is 18.9 Å². The molecular weight excluding hydrogens is 583 g/mol. The minimum absolute atomic E-state index is 0. The number of H-pyrrole nitrogens is 1. The summed E-state index contributed by atoms with van der Waals surface area (Å²) < 4.78 is 12.4. The third-order valence-electron chi connectivity index (χ3n) is 7.28. The summed E-state index contributed by atoms with van der Waals surface area (Å²) in [6, 6.07) is 23.0. The molecule has 5 rings (SSSR count). The first-order valence-electron chi connectivity index (χ1n) is 14.5. The number of ether oxygens (including phenoxy) is 1. The average molecular weight is 621 g/mol. The average Bonchev–Trinajstić information content (AvgIpc) is 3.45. The van der Waals surface area contributed by atoms with E-state index in [4.69, 9.17) is 14.2 Å². The van der Waals surface area contributed by atoms with Gasteiger partial charge >= 0.3 is 57.1 Å². The van der Waals surface area contributed by atoms with Crippen LogP contribution in [0, 0.1) is 0 Å². The minimum atomic E-state index is -0.710. The van der Waals surface area contributed by atoms with E-state index < -0.39 is 11.4 Å². The Labute approximate surface area is 300 Å². The fraction of sp³-hybridized carbons (Fsp3) is 0.294. The molecule has 2 heterocycles. The van der Waals surface area contributed by atoms with Crippen LogP contribution in [-0.2, 0) is 19.4 Å². The Morgan fingerprint density at radius 1 is 0.955 bits per heavy atom. The number of aromatic amines is 1. The molecule has 2 aromatic heterocycles. The second-order valence-electron chi connectivity index (χ2n) is 11.1. The van der Waals surface area contributed by atoms with Gasteiger partial charge in [-0.15, -0.1) is 0 Å². The fourth-order valence-electron chi connectivity index (χ4n) is 5.07. The number of nitrogens with one attached hydrogen (secondary N) is 1. The molecule has 0 atom stereocenters. The van der Waals surface area contributed by atoms with Crippen LogP contribution in [0.25, 0.3) is 33.6 Å². The molecule has 9 nitrogen and oxygen atoms in total. The van der Waals surface area contributed by atoms with Gasteiger partial charge in [-0.25, -0.2) is 9.78 Å². The number of nitrogens with zero attached hydrogens (tertiary/aromatic N) is 3. The largest absolute Gasteiger partial charge is 1.00 e. The molecule has 0 fully saturated rings. The summed E-state index contributed by atoms with van der Waals surface area (Å²) in [5.41, 5.74) is 4.89. The first-order valence-corrected chi connectivity index (χ1v) is 14.5. The number of aryl methyl sites for hydroxylation is 2. The van der Waals surface area contributed by atoms with Gasteiger partial charge in [0.05, 0.1) is 24.4 Å². The van der Waals surface area contributed by atoms with E-state index in [-0.39, 0.29) is 65.0 Å². The van der Waals surface area contributed by atoms with E-state index >= 15 is 0 Å². The summed E-state index contributed by atoms with van der Waals surface area (Å²) in [5, 5.41) is 13.4. The molecule has 224 valence electrons. The number of hydrogen-bond donors (Lipinski definition) is 2. The number of hydrogen-bond acceptors (Lipinski definition) is 7. The summed E-state index contributed by atoms with van der Waals surface area (Å²) in [4.78, 5) is 33.2. The summed E-state index contributed by atoms with van der Waals surface area (Å²) in [6.07, 6.45) is 2.18. The van der Waals surface area contributed by atoms with Crippen molar-refractivity contribution in [2.45, 2.75) is 59.1 Å². The molecule has 0 spiro atoms. The van der Waals surface area contributed by atoms with Crippen molar-refractivity contribution in [2.75, 3.05) is 6.61 Å². The van der Waals surface area contributed by atoms with Crippen LogP contribution in [0.3, 0.4) is 0 Å². The zero-order valence-electron chi connectivity index (χ0n) is 26.9. The summed E-state index contributed by atoms with van der Waals surface area (Å²) in [7, 11) is 0. The normalized spacial score (nSPS) is 11.3. The van der Waals surface area contributed by atoms with Crippen molar-refractivity contribution >= 4 is 0 Å². The molecule has 0 saturated carbocycles. The molecule has 0 aliphatic heterocycles.